The van der Waals surface area contributed by atoms with Crippen molar-refractivity contribution in [2.45, 2.75) is 104 Å². The molecule has 9 nitrogen and oxygen atoms in total. The summed E-state index contributed by atoms with van der Waals surface area (Å²) < 4.78 is 11.7. The lowest BCUT2D eigenvalue weighted by Crippen LogP contribution is -2.53. The highest BCUT2D eigenvalue weighted by atomic mass is 16.5. The molecule has 1 aromatic rings. The van der Waals surface area contributed by atoms with E-state index < -0.39 is 24.2 Å². The molecule has 0 radical (unpaired) electrons. The molecule has 0 aliphatic carbocycles. The molecule has 3 amide bonds. The second kappa shape index (κ2) is 16.8. The Kier molecular flexibility index (Phi) is 14.1. The Morgan fingerprint density at radius 3 is 2.19 bits per heavy atom. The van der Waals surface area contributed by atoms with Gasteiger partial charge in [-0.25, -0.2) is 0 Å². The minimum absolute atomic E-state index is 0.0445. The van der Waals surface area contributed by atoms with Crippen molar-refractivity contribution in [2.75, 3.05) is 27.8 Å². The zero-order chi connectivity index (χ0) is 31.6. The lowest BCUT2D eigenvalue weighted by molar-refractivity contribution is -0.146. The molecule has 1 heterocycles. The summed E-state index contributed by atoms with van der Waals surface area (Å²) in [4.78, 5) is 56.4. The largest absolute Gasteiger partial charge is 0.379 e. The number of carbonyl (C=O) groups is 4. The van der Waals surface area contributed by atoms with E-state index in [1.165, 1.54) is 0 Å². The monoisotopic (exact) mass is 587 g/mol. The third-order valence-corrected chi connectivity index (χ3v) is 8.70. The number of ether oxygens (including phenoxy) is 2. The van der Waals surface area contributed by atoms with E-state index in [-0.39, 0.29) is 53.8 Å². The van der Waals surface area contributed by atoms with Gasteiger partial charge in [-0.15, -0.1) is 0 Å². The maximum atomic E-state index is 13.8. The number of carbonyl (C=O) groups excluding carboxylic acids is 4. The quantitative estimate of drug-likeness (QED) is 0.289. The fourth-order valence-electron chi connectivity index (χ4n) is 6.08. The predicted molar refractivity (Wildman–Crippen MR) is 164 cm³/mol. The Hall–Kier alpha value is -2.78. The number of likely N-dealkylation sites (N-methyl/N-ethyl adjacent to an activating group) is 1. The van der Waals surface area contributed by atoms with E-state index in [1.807, 2.05) is 31.9 Å². The van der Waals surface area contributed by atoms with Gasteiger partial charge in [0.15, 0.2) is 5.78 Å². The van der Waals surface area contributed by atoms with Gasteiger partial charge in [0.05, 0.1) is 42.7 Å². The highest BCUT2D eigenvalue weighted by molar-refractivity contribution is 6.01. The van der Waals surface area contributed by atoms with Crippen LogP contribution in [0, 0.1) is 17.8 Å². The SMILES string of the molecule is CCC(C)C(C(CC(=O)N1CCCC1C(OC)C(C)C(=O)NC(C)C(=O)c1ccccc1)OC)N(C)C(=O)CC(C)C. The number of nitrogens with zero attached hydrogens (tertiary/aromatic N) is 2. The molecular weight excluding hydrogens is 534 g/mol. The van der Waals surface area contributed by atoms with Gasteiger partial charge in [0.1, 0.15) is 0 Å². The summed E-state index contributed by atoms with van der Waals surface area (Å²) in [5, 5.41) is 2.84. The number of amides is 3. The van der Waals surface area contributed by atoms with Crippen LogP contribution in [0.3, 0.4) is 0 Å². The average Bonchev–Trinajstić information content (AvgIpc) is 3.46. The summed E-state index contributed by atoms with van der Waals surface area (Å²) in [6.07, 6.45) is 1.90. The molecule has 1 aromatic carbocycles. The first-order chi connectivity index (χ1) is 19.9. The first-order valence-corrected chi connectivity index (χ1v) is 15.4. The fourth-order valence-corrected chi connectivity index (χ4v) is 6.08. The lowest BCUT2D eigenvalue weighted by Gasteiger charge is -2.39. The van der Waals surface area contributed by atoms with E-state index in [0.717, 1.165) is 12.8 Å². The molecule has 7 unspecified atom stereocenters. The van der Waals surface area contributed by atoms with E-state index >= 15 is 0 Å². The molecule has 9 heteroatoms. The number of rotatable bonds is 16. The topological polar surface area (TPSA) is 105 Å². The van der Waals surface area contributed by atoms with Crippen LogP contribution in [0.5, 0.6) is 0 Å². The van der Waals surface area contributed by atoms with Crippen molar-refractivity contribution in [1.82, 2.24) is 15.1 Å². The highest BCUT2D eigenvalue weighted by Crippen LogP contribution is 2.29. The Bertz CT molecular complexity index is 1030. The van der Waals surface area contributed by atoms with Gasteiger partial charge in [-0.2, -0.15) is 0 Å². The van der Waals surface area contributed by atoms with Gasteiger partial charge in [0.2, 0.25) is 17.7 Å². The van der Waals surface area contributed by atoms with Gasteiger partial charge >= 0.3 is 0 Å². The number of hydrogen-bond acceptors (Lipinski definition) is 6. The molecule has 1 saturated heterocycles. The molecule has 0 aromatic heterocycles. The molecule has 0 spiro atoms. The standard InChI is InChI=1S/C33H53N3O6/c1-10-22(4)30(35(7)28(37)19-21(2)3)27(41-8)20-29(38)36-18-14-17-26(36)32(42-9)23(5)33(40)34-24(6)31(39)25-15-12-11-13-16-25/h11-13,15-16,21-24,26-27,30,32H,10,14,17-20H2,1-9H3,(H,34,40). The van der Waals surface area contributed by atoms with Gasteiger partial charge < -0.3 is 24.6 Å². The first-order valence-electron chi connectivity index (χ1n) is 15.4. The number of methoxy groups -OCH3 is 2. The van der Waals surface area contributed by atoms with Gasteiger partial charge in [-0.3, -0.25) is 19.2 Å². The van der Waals surface area contributed by atoms with Crippen molar-refractivity contribution >= 4 is 23.5 Å². The minimum atomic E-state index is -0.698. The summed E-state index contributed by atoms with van der Waals surface area (Å²) in [5.41, 5.74) is 0.536. The van der Waals surface area contributed by atoms with Crippen LogP contribution in [0.15, 0.2) is 30.3 Å². The minimum Gasteiger partial charge on any atom is -0.379 e. The van der Waals surface area contributed by atoms with Crippen molar-refractivity contribution in [3.05, 3.63) is 35.9 Å². The summed E-state index contributed by atoms with van der Waals surface area (Å²) >= 11 is 0. The highest BCUT2D eigenvalue weighted by Gasteiger charge is 2.42. The van der Waals surface area contributed by atoms with E-state index in [9.17, 15) is 19.2 Å². The molecule has 1 aliphatic heterocycles. The molecular formula is C33H53N3O6. The van der Waals surface area contributed by atoms with E-state index in [4.69, 9.17) is 9.47 Å². The number of ketones is 1. The third kappa shape index (κ3) is 9.11. The molecule has 7 atom stereocenters. The van der Waals surface area contributed by atoms with Crippen LogP contribution in [-0.4, -0.2) is 91.5 Å². The Morgan fingerprint density at radius 1 is 1.00 bits per heavy atom. The Labute approximate surface area is 252 Å². The first kappa shape index (κ1) is 35.4. The molecule has 1 N–H and O–H groups in total. The maximum Gasteiger partial charge on any atom is 0.226 e. The molecule has 1 fully saturated rings. The smallest absolute Gasteiger partial charge is 0.226 e. The number of Topliss-reactive ketones (excluding diaryl/α,β-unsaturated/α-hetero) is 1. The predicted octanol–water partition coefficient (Wildman–Crippen LogP) is 4.34. The molecule has 42 heavy (non-hydrogen) atoms. The van der Waals surface area contributed by atoms with Gasteiger partial charge in [-0.05, 0) is 31.6 Å². The van der Waals surface area contributed by atoms with Crippen LogP contribution < -0.4 is 5.32 Å². The van der Waals surface area contributed by atoms with E-state index in [1.54, 1.807) is 57.2 Å². The summed E-state index contributed by atoms with van der Waals surface area (Å²) in [5.74, 6) is -0.724. The molecule has 1 aliphatic rings. The zero-order valence-electron chi connectivity index (χ0n) is 27.1. The molecule has 0 saturated carbocycles. The van der Waals surface area contributed by atoms with Crippen LogP contribution in [0.1, 0.15) is 84.0 Å². The second-order valence-electron chi connectivity index (χ2n) is 12.2. The van der Waals surface area contributed by atoms with Crippen molar-refractivity contribution < 1.29 is 28.7 Å². The normalized spacial score (nSPS) is 19.5. The van der Waals surface area contributed by atoms with Crippen molar-refractivity contribution in [3.8, 4) is 0 Å². The van der Waals surface area contributed by atoms with Crippen LogP contribution in [0.2, 0.25) is 0 Å². The van der Waals surface area contributed by atoms with E-state index in [0.29, 0.717) is 24.9 Å². The fraction of sp³-hybridized carbons (Fsp3) is 0.697. The van der Waals surface area contributed by atoms with Crippen LogP contribution in [0.4, 0.5) is 0 Å². The Morgan fingerprint density at radius 2 is 1.64 bits per heavy atom. The third-order valence-electron chi connectivity index (χ3n) is 8.70. The maximum absolute atomic E-state index is 13.8. The summed E-state index contributed by atoms with van der Waals surface area (Å²) in [7, 11) is 4.96. The molecule has 0 bridgehead atoms. The Balaban J connectivity index is 2.15. The summed E-state index contributed by atoms with van der Waals surface area (Å²) in [6.45, 7) is 12.2. The lowest BCUT2D eigenvalue weighted by atomic mass is 9.90. The van der Waals surface area contributed by atoms with Gasteiger partial charge in [0.25, 0.3) is 0 Å². The number of hydrogen-bond donors (Lipinski definition) is 1. The summed E-state index contributed by atoms with van der Waals surface area (Å²) in [6, 6.07) is 7.64. The molecule has 236 valence electrons. The second-order valence-corrected chi connectivity index (χ2v) is 12.2. The molecule has 2 rings (SSSR count). The van der Waals surface area contributed by atoms with Crippen LogP contribution >= 0.6 is 0 Å². The van der Waals surface area contributed by atoms with Crippen LogP contribution in [0.25, 0.3) is 0 Å². The van der Waals surface area contributed by atoms with Crippen molar-refractivity contribution in [2.24, 2.45) is 17.8 Å². The van der Waals surface area contributed by atoms with Crippen LogP contribution in [-0.2, 0) is 23.9 Å². The van der Waals surface area contributed by atoms with Gasteiger partial charge in [0, 0.05) is 39.8 Å². The number of nitrogens with one attached hydrogen (secondary N) is 1. The van der Waals surface area contributed by atoms with E-state index in [2.05, 4.69) is 19.2 Å². The zero-order valence-corrected chi connectivity index (χ0v) is 27.1. The number of likely N-dealkylation sites (tertiary alicyclic amines) is 1. The van der Waals surface area contributed by atoms with Crippen molar-refractivity contribution in [1.29, 1.82) is 0 Å². The van der Waals surface area contributed by atoms with Crippen molar-refractivity contribution in [3.63, 3.8) is 0 Å². The average molecular weight is 588 g/mol. The van der Waals surface area contributed by atoms with Gasteiger partial charge in [-0.1, -0.05) is 71.4 Å². The number of benzene rings is 1.